The van der Waals surface area contributed by atoms with Crippen molar-refractivity contribution < 1.29 is 9.59 Å². The molecule has 7 nitrogen and oxygen atoms in total. The summed E-state index contributed by atoms with van der Waals surface area (Å²) < 4.78 is 0. The third-order valence-electron chi connectivity index (χ3n) is 6.41. The smallest absolute Gasteiger partial charge is 0.317 e. The number of hydrazine groups is 1. The third kappa shape index (κ3) is 6.35. The van der Waals surface area contributed by atoms with E-state index in [4.69, 9.17) is 0 Å². The monoisotopic (exact) mass is 467 g/mol. The van der Waals surface area contributed by atoms with Crippen LogP contribution in [0.1, 0.15) is 66.4 Å². The second-order valence-corrected chi connectivity index (χ2v) is 9.65. The number of anilines is 1. The summed E-state index contributed by atoms with van der Waals surface area (Å²) >= 11 is 1.53. The minimum Gasteiger partial charge on any atom is -0.338 e. The fourth-order valence-electron chi connectivity index (χ4n) is 4.41. The first-order valence-electron chi connectivity index (χ1n) is 11.9. The largest absolute Gasteiger partial charge is 0.338 e. The van der Waals surface area contributed by atoms with Crippen LogP contribution in [0.5, 0.6) is 0 Å². The van der Waals surface area contributed by atoms with Crippen molar-refractivity contribution in [2.75, 3.05) is 31.7 Å². The molecule has 176 valence electrons. The van der Waals surface area contributed by atoms with Gasteiger partial charge in [-0.05, 0) is 57.1 Å². The van der Waals surface area contributed by atoms with E-state index in [-0.39, 0.29) is 11.9 Å². The Kier molecular flexibility index (Phi) is 7.99. The zero-order chi connectivity index (χ0) is 23.0. The Hall–Kier alpha value is -2.87. The summed E-state index contributed by atoms with van der Waals surface area (Å²) in [7, 11) is 1.81. The lowest BCUT2D eigenvalue weighted by atomic mass is 9.97. The molecule has 1 aromatic carbocycles. The van der Waals surface area contributed by atoms with Crippen molar-refractivity contribution in [2.24, 2.45) is 0 Å². The van der Waals surface area contributed by atoms with Gasteiger partial charge in [-0.3, -0.25) is 15.2 Å². The fraction of sp³-hybridized carbons (Fsp3) is 0.480. The molecule has 0 saturated carbocycles. The number of urea groups is 1. The maximum Gasteiger partial charge on any atom is 0.317 e. The van der Waals surface area contributed by atoms with E-state index in [1.165, 1.54) is 42.6 Å². The van der Waals surface area contributed by atoms with Gasteiger partial charge in [-0.1, -0.05) is 29.8 Å². The SMILES string of the molecule is CN(NC(=O)c1csc(C2CCN(C(=O)NCCC3=CCCCC3)CC2)n1)c1ccccc1. The Morgan fingerprint density at radius 2 is 1.97 bits per heavy atom. The molecule has 8 heteroatoms. The van der Waals surface area contributed by atoms with E-state index in [1.54, 1.807) is 5.01 Å². The van der Waals surface area contributed by atoms with Gasteiger partial charge in [0.05, 0.1) is 10.7 Å². The zero-order valence-corrected chi connectivity index (χ0v) is 20.1. The molecule has 33 heavy (non-hydrogen) atoms. The van der Waals surface area contributed by atoms with Gasteiger partial charge >= 0.3 is 6.03 Å². The minimum absolute atomic E-state index is 0.0352. The molecule has 3 amide bonds. The predicted molar refractivity (Wildman–Crippen MR) is 133 cm³/mol. The number of likely N-dealkylation sites (tertiary alicyclic amines) is 1. The number of aromatic nitrogens is 1. The summed E-state index contributed by atoms with van der Waals surface area (Å²) in [5.41, 5.74) is 5.70. The van der Waals surface area contributed by atoms with Crippen LogP contribution in [-0.2, 0) is 0 Å². The number of amides is 3. The van der Waals surface area contributed by atoms with E-state index < -0.39 is 0 Å². The highest BCUT2D eigenvalue weighted by Crippen LogP contribution is 2.30. The molecular weight excluding hydrogens is 434 g/mol. The van der Waals surface area contributed by atoms with Crippen LogP contribution in [0.2, 0.25) is 0 Å². The number of carbonyl (C=O) groups is 2. The Labute approximate surface area is 199 Å². The molecular formula is C25H33N5O2S. The lowest BCUT2D eigenvalue weighted by molar-refractivity contribution is 0.0947. The molecule has 0 bridgehead atoms. The van der Waals surface area contributed by atoms with Gasteiger partial charge in [0, 0.05) is 38.0 Å². The molecule has 1 fully saturated rings. The van der Waals surface area contributed by atoms with Crippen molar-refractivity contribution in [3.63, 3.8) is 0 Å². The molecule has 0 unspecified atom stereocenters. The van der Waals surface area contributed by atoms with Crippen molar-refractivity contribution in [3.05, 3.63) is 58.1 Å². The number of nitrogens with zero attached hydrogens (tertiary/aromatic N) is 3. The zero-order valence-electron chi connectivity index (χ0n) is 19.3. The molecule has 2 heterocycles. The Morgan fingerprint density at radius 3 is 2.70 bits per heavy atom. The number of hydrogen-bond donors (Lipinski definition) is 2. The van der Waals surface area contributed by atoms with Gasteiger partial charge in [-0.2, -0.15) is 0 Å². The second kappa shape index (κ2) is 11.3. The number of thiazole rings is 1. The van der Waals surface area contributed by atoms with E-state index in [0.717, 1.165) is 43.0 Å². The van der Waals surface area contributed by atoms with Crippen molar-refractivity contribution in [1.82, 2.24) is 20.6 Å². The van der Waals surface area contributed by atoms with E-state index in [1.807, 2.05) is 47.7 Å². The summed E-state index contributed by atoms with van der Waals surface area (Å²) in [6, 6.07) is 9.71. The van der Waals surface area contributed by atoms with Gasteiger partial charge < -0.3 is 10.2 Å². The summed E-state index contributed by atoms with van der Waals surface area (Å²) in [5.74, 6) is 0.0774. The number of rotatable bonds is 7. The number of hydrogen-bond acceptors (Lipinski definition) is 5. The van der Waals surface area contributed by atoms with Gasteiger partial charge in [0.15, 0.2) is 0 Å². The third-order valence-corrected chi connectivity index (χ3v) is 7.41. The first-order chi connectivity index (χ1) is 16.1. The highest BCUT2D eigenvalue weighted by Gasteiger charge is 2.26. The van der Waals surface area contributed by atoms with E-state index >= 15 is 0 Å². The van der Waals surface area contributed by atoms with Crippen LogP contribution < -0.4 is 15.8 Å². The molecule has 1 aromatic heterocycles. The van der Waals surface area contributed by atoms with Crippen molar-refractivity contribution in [2.45, 2.75) is 50.9 Å². The van der Waals surface area contributed by atoms with Crippen LogP contribution >= 0.6 is 11.3 Å². The maximum atomic E-state index is 12.6. The van der Waals surface area contributed by atoms with Crippen LogP contribution in [0, 0.1) is 0 Å². The molecule has 0 atom stereocenters. The normalized spacial score (nSPS) is 16.8. The van der Waals surface area contributed by atoms with Crippen LogP contribution in [-0.4, -0.2) is 48.5 Å². The van der Waals surface area contributed by atoms with Gasteiger partial charge in [0.1, 0.15) is 5.69 Å². The Morgan fingerprint density at radius 1 is 1.18 bits per heavy atom. The van der Waals surface area contributed by atoms with Crippen LogP contribution in [0.15, 0.2) is 47.4 Å². The summed E-state index contributed by atoms with van der Waals surface area (Å²) in [5, 5.41) is 7.58. The first-order valence-corrected chi connectivity index (χ1v) is 12.7. The maximum absolute atomic E-state index is 12.6. The van der Waals surface area contributed by atoms with Crippen molar-refractivity contribution in [3.8, 4) is 0 Å². The van der Waals surface area contributed by atoms with Gasteiger partial charge in [-0.15, -0.1) is 11.3 Å². The number of piperidine rings is 1. The van der Waals surface area contributed by atoms with Crippen LogP contribution in [0.4, 0.5) is 10.5 Å². The van der Waals surface area contributed by atoms with E-state index in [9.17, 15) is 9.59 Å². The molecule has 1 saturated heterocycles. The van der Waals surface area contributed by atoms with Gasteiger partial charge in [0.2, 0.25) is 0 Å². The fourth-order valence-corrected chi connectivity index (χ4v) is 5.38. The van der Waals surface area contributed by atoms with Gasteiger partial charge in [0.25, 0.3) is 5.91 Å². The second-order valence-electron chi connectivity index (χ2n) is 8.76. The number of carbonyl (C=O) groups excluding carboxylic acids is 2. The van der Waals surface area contributed by atoms with E-state index in [2.05, 4.69) is 21.8 Å². The molecule has 0 radical (unpaired) electrons. The Bertz CT molecular complexity index is 966. The minimum atomic E-state index is -0.214. The molecule has 1 aliphatic heterocycles. The highest BCUT2D eigenvalue weighted by molar-refractivity contribution is 7.09. The average molecular weight is 468 g/mol. The molecule has 2 aliphatic rings. The molecule has 1 aliphatic carbocycles. The average Bonchev–Trinajstić information content (AvgIpc) is 3.36. The quantitative estimate of drug-likeness (QED) is 0.457. The molecule has 2 N–H and O–H groups in total. The molecule has 4 rings (SSSR count). The van der Waals surface area contributed by atoms with E-state index in [0.29, 0.717) is 18.2 Å². The number of allylic oxidation sites excluding steroid dienone is 1. The lowest BCUT2D eigenvalue weighted by Crippen LogP contribution is -2.44. The molecule has 2 aromatic rings. The summed E-state index contributed by atoms with van der Waals surface area (Å²) in [4.78, 5) is 31.6. The number of benzene rings is 1. The first kappa shape index (κ1) is 23.3. The van der Waals surface area contributed by atoms with Crippen LogP contribution in [0.3, 0.4) is 0 Å². The standard InChI is InChI=1S/C25H33N5O2S/c1-29(21-10-6-3-7-11-21)28-23(31)22-18-33-24(27-22)20-13-16-30(17-14-20)25(32)26-15-12-19-8-4-2-5-9-19/h3,6-8,10-11,18,20H,2,4-5,9,12-17H2,1H3,(H,26,32)(H,28,31). The summed E-state index contributed by atoms with van der Waals surface area (Å²) in [6.45, 7) is 2.15. The number of para-hydroxylation sites is 1. The summed E-state index contributed by atoms with van der Waals surface area (Å²) in [6.07, 6.45) is 9.97. The van der Waals surface area contributed by atoms with Gasteiger partial charge in [-0.25, -0.2) is 9.78 Å². The molecule has 0 spiro atoms. The Balaban J connectivity index is 1.21. The van der Waals surface area contributed by atoms with Crippen molar-refractivity contribution >= 4 is 29.0 Å². The number of nitrogens with one attached hydrogen (secondary N) is 2. The topological polar surface area (TPSA) is 77.6 Å². The van der Waals surface area contributed by atoms with Crippen molar-refractivity contribution in [1.29, 1.82) is 0 Å². The van der Waals surface area contributed by atoms with Crippen LogP contribution in [0.25, 0.3) is 0 Å². The highest BCUT2D eigenvalue weighted by atomic mass is 32.1. The predicted octanol–water partition coefficient (Wildman–Crippen LogP) is 4.70. The lowest BCUT2D eigenvalue weighted by Gasteiger charge is -2.31.